The average molecular weight is 218 g/mol. The Morgan fingerprint density at radius 3 is 2.85 bits per heavy atom. The molecule has 2 unspecified atom stereocenters. The summed E-state index contributed by atoms with van der Waals surface area (Å²) in [5, 5.41) is 16.3. The predicted octanol–water partition coefficient (Wildman–Crippen LogP) is 1.74. The molecule has 1 heterocycles. The van der Waals surface area contributed by atoms with E-state index in [0.717, 1.165) is 4.34 Å². The van der Waals surface area contributed by atoms with E-state index in [2.05, 4.69) is 10.2 Å². The third-order valence-corrected chi connectivity index (χ3v) is 3.84. The minimum Gasteiger partial charge on any atom is -0.481 e. The van der Waals surface area contributed by atoms with E-state index >= 15 is 0 Å². The SMILES string of the molecule is CC(Sc1nncs1)C(C)C(=O)O. The maximum Gasteiger partial charge on any atom is 0.307 e. The fourth-order valence-electron chi connectivity index (χ4n) is 0.676. The smallest absolute Gasteiger partial charge is 0.307 e. The van der Waals surface area contributed by atoms with Crippen LogP contribution in [0.15, 0.2) is 9.85 Å². The number of aliphatic carboxylic acids is 1. The first kappa shape index (κ1) is 10.5. The number of carboxylic acids is 1. The second-order valence-corrected chi connectivity index (χ2v) is 5.11. The summed E-state index contributed by atoms with van der Waals surface area (Å²) in [7, 11) is 0. The monoisotopic (exact) mass is 218 g/mol. The number of nitrogens with zero attached hydrogens (tertiary/aromatic N) is 2. The van der Waals surface area contributed by atoms with Crippen molar-refractivity contribution in [3.05, 3.63) is 5.51 Å². The summed E-state index contributed by atoms with van der Waals surface area (Å²) in [6.45, 7) is 3.58. The molecule has 0 amide bonds. The van der Waals surface area contributed by atoms with Gasteiger partial charge in [0.15, 0.2) is 4.34 Å². The second kappa shape index (κ2) is 4.57. The molecule has 0 saturated heterocycles. The molecule has 0 spiro atoms. The van der Waals surface area contributed by atoms with E-state index < -0.39 is 5.97 Å². The van der Waals surface area contributed by atoms with Crippen LogP contribution in [0.3, 0.4) is 0 Å². The van der Waals surface area contributed by atoms with Gasteiger partial charge in [-0.05, 0) is 0 Å². The molecule has 1 rings (SSSR count). The molecule has 0 aliphatic heterocycles. The van der Waals surface area contributed by atoms with E-state index in [-0.39, 0.29) is 11.2 Å². The largest absolute Gasteiger partial charge is 0.481 e. The molecule has 2 atom stereocenters. The summed E-state index contributed by atoms with van der Waals surface area (Å²) < 4.78 is 0.820. The third kappa shape index (κ3) is 2.96. The standard InChI is InChI=1S/C7H10N2O2S2/c1-4(6(10)11)5(2)13-7-9-8-3-12-7/h3-5H,1-2H3,(H,10,11). The summed E-state index contributed by atoms with van der Waals surface area (Å²) in [6, 6.07) is 0. The van der Waals surface area contributed by atoms with Crippen LogP contribution < -0.4 is 0 Å². The molecule has 0 aliphatic carbocycles. The van der Waals surface area contributed by atoms with Crippen LogP contribution in [0.25, 0.3) is 0 Å². The molecule has 0 aromatic carbocycles. The van der Waals surface area contributed by atoms with Crippen LogP contribution in [0.2, 0.25) is 0 Å². The lowest BCUT2D eigenvalue weighted by Crippen LogP contribution is -2.19. The quantitative estimate of drug-likeness (QED) is 0.780. The van der Waals surface area contributed by atoms with Crippen molar-refractivity contribution in [1.29, 1.82) is 0 Å². The van der Waals surface area contributed by atoms with Crippen molar-refractivity contribution in [2.24, 2.45) is 5.92 Å². The normalized spacial score (nSPS) is 15.2. The number of carbonyl (C=O) groups is 1. The Bertz CT molecular complexity index is 276. The summed E-state index contributed by atoms with van der Waals surface area (Å²) in [5.74, 6) is -1.14. The Kier molecular flexibility index (Phi) is 3.68. The molecule has 72 valence electrons. The van der Waals surface area contributed by atoms with Gasteiger partial charge in [0.25, 0.3) is 0 Å². The first-order valence-electron chi connectivity index (χ1n) is 3.77. The van der Waals surface area contributed by atoms with E-state index in [4.69, 9.17) is 5.11 Å². The molecule has 0 saturated carbocycles. The van der Waals surface area contributed by atoms with E-state index in [1.807, 2.05) is 6.92 Å². The Morgan fingerprint density at radius 1 is 1.69 bits per heavy atom. The van der Waals surface area contributed by atoms with Gasteiger partial charge in [0.1, 0.15) is 5.51 Å². The fraction of sp³-hybridized carbons (Fsp3) is 0.571. The van der Waals surface area contributed by atoms with Crippen LogP contribution in [-0.2, 0) is 4.79 Å². The molecule has 0 bridgehead atoms. The molecule has 6 heteroatoms. The van der Waals surface area contributed by atoms with Gasteiger partial charge in [-0.25, -0.2) is 0 Å². The highest BCUT2D eigenvalue weighted by atomic mass is 32.2. The zero-order valence-electron chi connectivity index (χ0n) is 7.30. The van der Waals surface area contributed by atoms with Crippen molar-refractivity contribution in [1.82, 2.24) is 10.2 Å². The van der Waals surface area contributed by atoms with Crippen molar-refractivity contribution in [2.45, 2.75) is 23.4 Å². The molecule has 1 aromatic heterocycles. The van der Waals surface area contributed by atoms with Crippen molar-refractivity contribution in [3.63, 3.8) is 0 Å². The molecule has 1 aromatic rings. The fourth-order valence-corrected chi connectivity index (χ4v) is 2.49. The Hall–Kier alpha value is -0.620. The van der Waals surface area contributed by atoms with Crippen LogP contribution in [0.1, 0.15) is 13.8 Å². The van der Waals surface area contributed by atoms with E-state index in [1.165, 1.54) is 23.1 Å². The number of rotatable bonds is 4. The summed E-state index contributed by atoms with van der Waals surface area (Å²) in [4.78, 5) is 10.6. The van der Waals surface area contributed by atoms with Gasteiger partial charge < -0.3 is 5.11 Å². The predicted molar refractivity (Wildman–Crippen MR) is 52.0 cm³/mol. The lowest BCUT2D eigenvalue weighted by molar-refractivity contribution is -0.140. The molecule has 0 radical (unpaired) electrons. The zero-order valence-corrected chi connectivity index (χ0v) is 8.93. The second-order valence-electron chi connectivity index (χ2n) is 2.65. The lowest BCUT2D eigenvalue weighted by atomic mass is 10.1. The Labute approximate surface area is 84.4 Å². The Morgan fingerprint density at radius 2 is 2.38 bits per heavy atom. The van der Waals surface area contributed by atoms with Crippen LogP contribution in [0.5, 0.6) is 0 Å². The van der Waals surface area contributed by atoms with Crippen LogP contribution in [-0.4, -0.2) is 26.5 Å². The van der Waals surface area contributed by atoms with Gasteiger partial charge in [0.2, 0.25) is 0 Å². The van der Waals surface area contributed by atoms with E-state index in [0.29, 0.717) is 0 Å². The topological polar surface area (TPSA) is 63.1 Å². The van der Waals surface area contributed by atoms with Gasteiger partial charge >= 0.3 is 5.97 Å². The van der Waals surface area contributed by atoms with E-state index in [9.17, 15) is 4.79 Å². The van der Waals surface area contributed by atoms with Crippen LogP contribution in [0, 0.1) is 5.92 Å². The van der Waals surface area contributed by atoms with Gasteiger partial charge in [0.05, 0.1) is 5.92 Å². The minimum atomic E-state index is -0.774. The first-order chi connectivity index (χ1) is 6.11. The highest BCUT2D eigenvalue weighted by Gasteiger charge is 2.21. The first-order valence-corrected chi connectivity index (χ1v) is 5.53. The summed E-state index contributed by atoms with van der Waals surface area (Å²) >= 11 is 2.88. The highest BCUT2D eigenvalue weighted by Crippen LogP contribution is 2.28. The minimum absolute atomic E-state index is 0.0189. The van der Waals surface area contributed by atoms with Crippen molar-refractivity contribution >= 4 is 29.1 Å². The maximum atomic E-state index is 10.6. The van der Waals surface area contributed by atoms with E-state index in [1.54, 1.807) is 12.4 Å². The molecular weight excluding hydrogens is 208 g/mol. The van der Waals surface area contributed by atoms with Gasteiger partial charge in [-0.1, -0.05) is 36.9 Å². The van der Waals surface area contributed by atoms with Crippen molar-refractivity contribution in [3.8, 4) is 0 Å². The zero-order chi connectivity index (χ0) is 9.84. The number of hydrogen-bond donors (Lipinski definition) is 1. The molecule has 0 fully saturated rings. The highest BCUT2D eigenvalue weighted by molar-refractivity contribution is 8.01. The summed E-state index contributed by atoms with van der Waals surface area (Å²) in [6.07, 6.45) is 0. The van der Waals surface area contributed by atoms with Gasteiger partial charge in [-0.15, -0.1) is 10.2 Å². The molecule has 1 N–H and O–H groups in total. The molecule has 13 heavy (non-hydrogen) atoms. The molecular formula is C7H10N2O2S2. The Balaban J connectivity index is 2.50. The van der Waals surface area contributed by atoms with Crippen molar-refractivity contribution in [2.75, 3.05) is 0 Å². The lowest BCUT2D eigenvalue weighted by Gasteiger charge is -2.12. The molecule has 4 nitrogen and oxygen atoms in total. The van der Waals surface area contributed by atoms with Gasteiger partial charge in [0, 0.05) is 5.25 Å². The van der Waals surface area contributed by atoms with Crippen LogP contribution >= 0.6 is 23.1 Å². The number of hydrogen-bond acceptors (Lipinski definition) is 5. The number of thioether (sulfide) groups is 1. The summed E-state index contributed by atoms with van der Waals surface area (Å²) in [5.41, 5.74) is 1.64. The maximum absolute atomic E-state index is 10.6. The van der Waals surface area contributed by atoms with Crippen LogP contribution in [0.4, 0.5) is 0 Å². The number of aromatic nitrogens is 2. The van der Waals surface area contributed by atoms with Gasteiger partial charge in [-0.2, -0.15) is 0 Å². The third-order valence-electron chi connectivity index (χ3n) is 1.72. The molecule has 0 aliphatic rings. The average Bonchev–Trinajstić information content (AvgIpc) is 2.55. The number of carboxylic acid groups (broad SMARTS) is 1. The van der Waals surface area contributed by atoms with Crippen molar-refractivity contribution < 1.29 is 9.90 Å². The van der Waals surface area contributed by atoms with Gasteiger partial charge in [-0.3, -0.25) is 4.79 Å².